The van der Waals surface area contributed by atoms with E-state index in [1.54, 1.807) is 7.11 Å². The number of hydrogen-bond donors (Lipinski definition) is 0. The van der Waals surface area contributed by atoms with Crippen molar-refractivity contribution in [2.45, 2.75) is 40.4 Å². The van der Waals surface area contributed by atoms with Gasteiger partial charge in [0.15, 0.2) is 0 Å². The quantitative estimate of drug-likeness (QED) is 0.431. The summed E-state index contributed by atoms with van der Waals surface area (Å²) in [7, 11) is 1.75. The highest BCUT2D eigenvalue weighted by Crippen LogP contribution is 2.10. The number of methoxy groups -OCH3 is 1. The third-order valence-electron chi connectivity index (χ3n) is 5.42. The van der Waals surface area contributed by atoms with E-state index in [-0.39, 0.29) is 0 Å². The second kappa shape index (κ2) is 12.4. The summed E-state index contributed by atoms with van der Waals surface area (Å²) in [6.45, 7) is 12.0. The summed E-state index contributed by atoms with van der Waals surface area (Å²) in [5, 5.41) is 0. The normalized spacial score (nSPS) is 11.4. The maximum Gasteiger partial charge on any atom is 0.0589 e. The van der Waals surface area contributed by atoms with Crippen molar-refractivity contribution in [2.24, 2.45) is 0 Å². The number of pyridine rings is 3. The van der Waals surface area contributed by atoms with E-state index in [1.165, 1.54) is 16.7 Å². The first-order valence-electron chi connectivity index (χ1n) is 11.2. The molecule has 0 saturated heterocycles. The monoisotopic (exact) mass is 433 g/mol. The van der Waals surface area contributed by atoms with E-state index in [1.807, 2.05) is 18.6 Å². The molecule has 6 heteroatoms. The minimum Gasteiger partial charge on any atom is -0.383 e. The van der Waals surface area contributed by atoms with Crippen molar-refractivity contribution in [2.75, 3.05) is 33.4 Å². The first kappa shape index (κ1) is 24.0. The van der Waals surface area contributed by atoms with E-state index in [0.717, 1.165) is 56.4 Å². The van der Waals surface area contributed by atoms with Gasteiger partial charge in [-0.3, -0.25) is 24.8 Å². The van der Waals surface area contributed by atoms with E-state index >= 15 is 0 Å². The lowest BCUT2D eigenvalue weighted by molar-refractivity contribution is 0.127. The van der Waals surface area contributed by atoms with Crippen LogP contribution < -0.4 is 0 Å². The molecule has 0 fully saturated rings. The molecule has 3 aromatic heterocycles. The van der Waals surface area contributed by atoms with Crippen LogP contribution in [0.2, 0.25) is 0 Å². The van der Waals surface area contributed by atoms with Crippen LogP contribution in [0.5, 0.6) is 0 Å². The fraction of sp³-hybridized carbons (Fsp3) is 0.423. The van der Waals surface area contributed by atoms with Gasteiger partial charge in [-0.2, -0.15) is 0 Å². The number of aryl methyl sites for hydroxylation is 3. The standard InChI is InChI=1S/C26H35N5O/c1-21-5-8-24(27-15-21)18-30(13-14-32-4)11-12-31(19-25-9-6-22(2)16-28-25)20-26-10-7-23(3)17-29-26/h5-10,15-17H,11-14,18-20H2,1-4H3. The van der Waals surface area contributed by atoms with Gasteiger partial charge in [-0.05, 0) is 55.7 Å². The third-order valence-corrected chi connectivity index (χ3v) is 5.42. The largest absolute Gasteiger partial charge is 0.383 e. The Morgan fingerprint density at radius 2 is 1.00 bits per heavy atom. The maximum atomic E-state index is 5.35. The predicted molar refractivity (Wildman–Crippen MR) is 128 cm³/mol. The number of ether oxygens (including phenoxy) is 1. The van der Waals surface area contributed by atoms with Crippen LogP contribution in [0.1, 0.15) is 33.8 Å². The molecule has 0 atom stereocenters. The smallest absolute Gasteiger partial charge is 0.0589 e. The Balaban J connectivity index is 1.68. The lowest BCUT2D eigenvalue weighted by Crippen LogP contribution is -2.36. The third kappa shape index (κ3) is 8.11. The molecule has 0 unspecified atom stereocenters. The lowest BCUT2D eigenvalue weighted by Gasteiger charge is -2.27. The van der Waals surface area contributed by atoms with Gasteiger partial charge in [0.25, 0.3) is 0 Å². The van der Waals surface area contributed by atoms with Gasteiger partial charge in [-0.15, -0.1) is 0 Å². The molecular weight excluding hydrogens is 398 g/mol. The number of aromatic nitrogens is 3. The molecular formula is C26H35N5O. The number of nitrogens with zero attached hydrogens (tertiary/aromatic N) is 5. The van der Waals surface area contributed by atoms with E-state index < -0.39 is 0 Å². The van der Waals surface area contributed by atoms with Gasteiger partial charge in [0.05, 0.1) is 23.7 Å². The van der Waals surface area contributed by atoms with E-state index in [2.05, 4.69) is 81.9 Å². The first-order valence-corrected chi connectivity index (χ1v) is 11.2. The average Bonchev–Trinajstić information content (AvgIpc) is 2.80. The second-order valence-corrected chi connectivity index (χ2v) is 8.46. The number of rotatable bonds is 12. The Labute approximate surface area is 192 Å². The molecule has 170 valence electrons. The van der Waals surface area contributed by atoms with E-state index in [9.17, 15) is 0 Å². The molecule has 3 aromatic rings. The molecule has 6 nitrogen and oxygen atoms in total. The maximum absolute atomic E-state index is 5.35. The summed E-state index contributed by atoms with van der Waals surface area (Å²) in [6.07, 6.45) is 5.81. The molecule has 0 radical (unpaired) electrons. The SMILES string of the molecule is COCCN(CCN(Cc1ccc(C)cn1)Cc1ccc(C)cn1)Cc1ccc(C)cn1. The van der Waals surface area contributed by atoms with Crippen LogP contribution in [0.15, 0.2) is 55.0 Å². The van der Waals surface area contributed by atoms with Crippen molar-refractivity contribution < 1.29 is 4.74 Å². The first-order chi connectivity index (χ1) is 15.5. The topological polar surface area (TPSA) is 54.4 Å². The van der Waals surface area contributed by atoms with Crippen LogP contribution >= 0.6 is 0 Å². The van der Waals surface area contributed by atoms with E-state index in [0.29, 0.717) is 6.61 Å². The molecule has 0 aliphatic rings. The molecule has 3 heterocycles. The van der Waals surface area contributed by atoms with Crippen molar-refractivity contribution in [3.05, 3.63) is 88.8 Å². The highest BCUT2D eigenvalue weighted by atomic mass is 16.5. The minimum absolute atomic E-state index is 0.699. The molecule has 0 aliphatic carbocycles. The lowest BCUT2D eigenvalue weighted by atomic mass is 10.2. The fourth-order valence-corrected chi connectivity index (χ4v) is 3.45. The summed E-state index contributed by atoms with van der Waals surface area (Å²) < 4.78 is 5.35. The molecule has 0 aromatic carbocycles. The van der Waals surface area contributed by atoms with Gasteiger partial charge in [0.2, 0.25) is 0 Å². The van der Waals surface area contributed by atoms with Crippen molar-refractivity contribution in [3.8, 4) is 0 Å². The molecule has 0 bridgehead atoms. The Kier molecular flexibility index (Phi) is 9.28. The zero-order valence-corrected chi connectivity index (χ0v) is 19.8. The van der Waals surface area contributed by atoms with Gasteiger partial charge in [-0.1, -0.05) is 18.2 Å². The summed E-state index contributed by atoms with van der Waals surface area (Å²) in [4.78, 5) is 18.6. The summed E-state index contributed by atoms with van der Waals surface area (Å²) >= 11 is 0. The molecule has 0 saturated carbocycles. The van der Waals surface area contributed by atoms with Crippen LogP contribution in [0.4, 0.5) is 0 Å². The van der Waals surface area contributed by atoms with Crippen molar-refractivity contribution in [1.82, 2.24) is 24.8 Å². The van der Waals surface area contributed by atoms with Gasteiger partial charge >= 0.3 is 0 Å². The Morgan fingerprint density at radius 3 is 1.38 bits per heavy atom. The second-order valence-electron chi connectivity index (χ2n) is 8.46. The minimum atomic E-state index is 0.699. The van der Waals surface area contributed by atoms with Crippen molar-refractivity contribution in [1.29, 1.82) is 0 Å². The molecule has 0 aliphatic heterocycles. The molecule has 0 spiro atoms. The number of hydrogen-bond acceptors (Lipinski definition) is 6. The summed E-state index contributed by atoms with van der Waals surface area (Å²) in [5.41, 5.74) is 6.77. The van der Waals surface area contributed by atoms with Gasteiger partial charge in [-0.25, -0.2) is 0 Å². The van der Waals surface area contributed by atoms with Crippen LogP contribution in [0, 0.1) is 20.8 Å². The van der Waals surface area contributed by atoms with Gasteiger partial charge in [0, 0.05) is 65.0 Å². The molecule has 3 rings (SSSR count). The fourth-order valence-electron chi connectivity index (χ4n) is 3.45. The summed E-state index contributed by atoms with van der Waals surface area (Å²) in [5.74, 6) is 0. The van der Waals surface area contributed by atoms with Crippen LogP contribution in [0.3, 0.4) is 0 Å². The van der Waals surface area contributed by atoms with Gasteiger partial charge in [0.1, 0.15) is 0 Å². The van der Waals surface area contributed by atoms with Crippen LogP contribution in [-0.4, -0.2) is 58.1 Å². The zero-order chi connectivity index (χ0) is 22.8. The highest BCUT2D eigenvalue weighted by Gasteiger charge is 2.13. The Hall–Kier alpha value is -2.67. The molecule has 32 heavy (non-hydrogen) atoms. The average molecular weight is 434 g/mol. The predicted octanol–water partition coefficient (Wildman–Crippen LogP) is 3.95. The molecule has 0 amide bonds. The summed E-state index contributed by atoms with van der Waals surface area (Å²) in [6, 6.07) is 12.7. The molecule has 0 N–H and O–H groups in total. The highest BCUT2D eigenvalue weighted by molar-refractivity contribution is 5.14. The van der Waals surface area contributed by atoms with E-state index in [4.69, 9.17) is 4.74 Å². The van der Waals surface area contributed by atoms with Crippen molar-refractivity contribution >= 4 is 0 Å². The Bertz CT molecular complexity index is 878. The van der Waals surface area contributed by atoms with Crippen LogP contribution in [0.25, 0.3) is 0 Å². The van der Waals surface area contributed by atoms with Gasteiger partial charge < -0.3 is 4.74 Å². The zero-order valence-electron chi connectivity index (χ0n) is 19.8. The Morgan fingerprint density at radius 1 is 0.594 bits per heavy atom. The van der Waals surface area contributed by atoms with Crippen molar-refractivity contribution in [3.63, 3.8) is 0 Å². The van der Waals surface area contributed by atoms with Crippen LogP contribution in [-0.2, 0) is 24.4 Å².